The number of halogens is 5. The van der Waals surface area contributed by atoms with Gasteiger partial charge in [0.25, 0.3) is 0 Å². The monoisotopic (exact) mass is 374 g/mol. The second kappa shape index (κ2) is 7.52. The largest absolute Gasteiger partial charge is 0.416 e. The first-order valence-corrected chi connectivity index (χ1v) is 7.25. The van der Waals surface area contributed by atoms with Crippen molar-refractivity contribution < 1.29 is 27.2 Å². The van der Waals surface area contributed by atoms with E-state index in [9.17, 15) is 27.2 Å². The van der Waals surface area contributed by atoms with Crippen LogP contribution in [0, 0.1) is 5.82 Å². The molecule has 0 atom stereocenters. The van der Waals surface area contributed by atoms with Gasteiger partial charge in [0.1, 0.15) is 12.2 Å². The number of carbonyl (C=O) groups excluding carboxylic acids is 2. The summed E-state index contributed by atoms with van der Waals surface area (Å²) in [4.78, 5) is 23.5. The average Bonchev–Trinajstić information content (AvgIpc) is 2.50. The third-order valence-corrected chi connectivity index (χ3v) is 3.35. The van der Waals surface area contributed by atoms with Crippen LogP contribution in [0.1, 0.15) is 12.0 Å². The normalized spacial score (nSPS) is 11.1. The Morgan fingerprint density at radius 3 is 2.16 bits per heavy atom. The van der Waals surface area contributed by atoms with E-state index >= 15 is 0 Å². The lowest BCUT2D eigenvalue weighted by Gasteiger charge is -2.11. The first-order chi connectivity index (χ1) is 11.6. The van der Waals surface area contributed by atoms with E-state index in [1.807, 2.05) is 0 Å². The van der Waals surface area contributed by atoms with Gasteiger partial charge in [-0.2, -0.15) is 13.2 Å². The highest BCUT2D eigenvalue weighted by molar-refractivity contribution is 6.33. The molecule has 0 saturated heterocycles. The average molecular weight is 375 g/mol. The molecule has 0 fully saturated rings. The number of nitrogens with one attached hydrogen (secondary N) is 2. The lowest BCUT2D eigenvalue weighted by atomic mass is 10.2. The lowest BCUT2D eigenvalue weighted by molar-refractivity contribution is -0.137. The predicted molar refractivity (Wildman–Crippen MR) is 84.7 cm³/mol. The van der Waals surface area contributed by atoms with Crippen LogP contribution < -0.4 is 10.6 Å². The molecular formula is C16H11ClF4N2O2. The molecule has 25 heavy (non-hydrogen) atoms. The minimum Gasteiger partial charge on any atom is -0.326 e. The Kier molecular flexibility index (Phi) is 5.63. The summed E-state index contributed by atoms with van der Waals surface area (Å²) in [5, 5.41) is 4.42. The van der Waals surface area contributed by atoms with Crippen molar-refractivity contribution in [3.05, 3.63) is 58.9 Å². The molecule has 0 bridgehead atoms. The van der Waals surface area contributed by atoms with Gasteiger partial charge in [0.2, 0.25) is 11.8 Å². The molecule has 2 N–H and O–H groups in total. The van der Waals surface area contributed by atoms with E-state index in [0.717, 1.165) is 24.3 Å². The fourth-order valence-electron chi connectivity index (χ4n) is 1.88. The molecule has 0 aromatic heterocycles. The molecule has 0 aliphatic heterocycles. The summed E-state index contributed by atoms with van der Waals surface area (Å²) in [5.41, 5.74) is -0.963. The zero-order valence-electron chi connectivity index (χ0n) is 12.5. The number of hydrogen-bond acceptors (Lipinski definition) is 2. The summed E-state index contributed by atoms with van der Waals surface area (Å²) in [5.74, 6) is -2.05. The molecule has 2 amide bonds. The number of anilines is 2. The van der Waals surface area contributed by atoms with Crippen molar-refractivity contribution in [2.75, 3.05) is 10.6 Å². The smallest absolute Gasteiger partial charge is 0.326 e. The van der Waals surface area contributed by atoms with Gasteiger partial charge in [-0.15, -0.1) is 0 Å². The predicted octanol–water partition coefficient (Wildman–Crippen LogP) is 4.47. The molecule has 0 saturated carbocycles. The van der Waals surface area contributed by atoms with Crippen molar-refractivity contribution in [3.63, 3.8) is 0 Å². The third-order valence-electron chi connectivity index (χ3n) is 3.02. The maximum atomic E-state index is 12.8. The summed E-state index contributed by atoms with van der Waals surface area (Å²) >= 11 is 5.75. The van der Waals surface area contributed by atoms with Crippen LogP contribution in [0.15, 0.2) is 42.5 Å². The number of hydrogen-bond donors (Lipinski definition) is 2. The fourth-order valence-corrected chi connectivity index (χ4v) is 2.04. The van der Waals surface area contributed by atoms with E-state index in [0.29, 0.717) is 6.07 Å². The van der Waals surface area contributed by atoms with Gasteiger partial charge in [0.15, 0.2) is 0 Å². The summed E-state index contributed by atoms with van der Waals surface area (Å²) in [7, 11) is 0. The Labute approximate surface area is 144 Å². The number of rotatable bonds is 4. The van der Waals surface area contributed by atoms with Gasteiger partial charge in [-0.3, -0.25) is 9.59 Å². The van der Waals surface area contributed by atoms with Crippen molar-refractivity contribution in [1.82, 2.24) is 0 Å². The zero-order chi connectivity index (χ0) is 18.6. The van der Waals surface area contributed by atoms with Crippen LogP contribution in [0.3, 0.4) is 0 Å². The molecule has 0 spiro atoms. The van der Waals surface area contributed by atoms with Crippen LogP contribution in [0.5, 0.6) is 0 Å². The highest BCUT2D eigenvalue weighted by Gasteiger charge is 2.31. The summed E-state index contributed by atoms with van der Waals surface area (Å²) in [6.07, 6.45) is -5.24. The maximum Gasteiger partial charge on any atom is 0.416 e. The molecule has 4 nitrogen and oxygen atoms in total. The SMILES string of the molecule is O=C(CC(=O)Nc1cc(C(F)(F)F)ccc1Cl)Nc1ccc(F)cc1. The van der Waals surface area contributed by atoms with E-state index in [1.165, 1.54) is 12.1 Å². The van der Waals surface area contributed by atoms with Gasteiger partial charge in [0.05, 0.1) is 16.3 Å². The minimum atomic E-state index is -4.59. The van der Waals surface area contributed by atoms with E-state index in [4.69, 9.17) is 11.6 Å². The Bertz CT molecular complexity index is 792. The molecule has 2 aromatic carbocycles. The number of amides is 2. The summed E-state index contributed by atoms with van der Waals surface area (Å²) < 4.78 is 50.8. The van der Waals surface area contributed by atoms with Gasteiger partial charge in [-0.1, -0.05) is 11.6 Å². The Morgan fingerprint density at radius 1 is 0.960 bits per heavy atom. The molecule has 0 aliphatic rings. The van der Waals surface area contributed by atoms with Crippen LogP contribution >= 0.6 is 11.6 Å². The molecule has 132 valence electrons. The molecule has 0 aliphatic carbocycles. The molecule has 0 heterocycles. The van der Waals surface area contributed by atoms with E-state index in [1.54, 1.807) is 0 Å². The van der Waals surface area contributed by atoms with Crippen molar-refractivity contribution >= 4 is 34.8 Å². The first-order valence-electron chi connectivity index (χ1n) is 6.87. The van der Waals surface area contributed by atoms with Crippen LogP contribution in [0.2, 0.25) is 5.02 Å². The van der Waals surface area contributed by atoms with Crippen LogP contribution in [-0.4, -0.2) is 11.8 Å². The number of alkyl halides is 3. The highest BCUT2D eigenvalue weighted by atomic mass is 35.5. The molecule has 2 rings (SSSR count). The number of benzene rings is 2. The van der Waals surface area contributed by atoms with Crippen LogP contribution in [-0.2, 0) is 15.8 Å². The molecule has 9 heteroatoms. The molecular weight excluding hydrogens is 364 g/mol. The standard InChI is InChI=1S/C16H11ClF4N2O2/c17-12-6-1-9(16(19,20)21)7-13(12)23-15(25)8-14(24)22-11-4-2-10(18)3-5-11/h1-7H,8H2,(H,22,24)(H,23,25). The van der Waals surface area contributed by atoms with E-state index in [2.05, 4.69) is 10.6 Å². The van der Waals surface area contributed by atoms with Crippen molar-refractivity contribution in [2.24, 2.45) is 0 Å². The topological polar surface area (TPSA) is 58.2 Å². The van der Waals surface area contributed by atoms with E-state index < -0.39 is 35.8 Å². The van der Waals surface area contributed by atoms with Crippen molar-refractivity contribution in [3.8, 4) is 0 Å². The quantitative estimate of drug-likeness (QED) is 0.613. The van der Waals surface area contributed by atoms with Gasteiger partial charge in [-0.25, -0.2) is 4.39 Å². The maximum absolute atomic E-state index is 12.8. The second-order valence-corrected chi connectivity index (χ2v) is 5.38. The molecule has 0 unspecified atom stereocenters. The van der Waals surface area contributed by atoms with Gasteiger partial charge in [0, 0.05) is 5.69 Å². The van der Waals surface area contributed by atoms with E-state index in [-0.39, 0.29) is 16.4 Å². The molecule has 2 aromatic rings. The summed E-state index contributed by atoms with van der Waals surface area (Å²) in [6, 6.07) is 7.30. The Morgan fingerprint density at radius 2 is 1.56 bits per heavy atom. The van der Waals surface area contributed by atoms with Gasteiger partial charge in [-0.05, 0) is 42.5 Å². The number of carbonyl (C=O) groups is 2. The summed E-state index contributed by atoms with van der Waals surface area (Å²) in [6.45, 7) is 0. The van der Waals surface area contributed by atoms with Crippen molar-refractivity contribution in [2.45, 2.75) is 12.6 Å². The highest BCUT2D eigenvalue weighted by Crippen LogP contribution is 2.33. The zero-order valence-corrected chi connectivity index (χ0v) is 13.2. The Balaban J connectivity index is 2.00. The second-order valence-electron chi connectivity index (χ2n) is 4.97. The third kappa shape index (κ3) is 5.46. The van der Waals surface area contributed by atoms with Gasteiger partial charge < -0.3 is 10.6 Å². The van der Waals surface area contributed by atoms with Gasteiger partial charge >= 0.3 is 6.18 Å². The fraction of sp³-hybridized carbons (Fsp3) is 0.125. The van der Waals surface area contributed by atoms with Crippen molar-refractivity contribution in [1.29, 1.82) is 0 Å². The van der Waals surface area contributed by atoms with Crippen LogP contribution in [0.25, 0.3) is 0 Å². The Hall–Kier alpha value is -2.61. The van der Waals surface area contributed by atoms with Crippen LogP contribution in [0.4, 0.5) is 28.9 Å². The lowest BCUT2D eigenvalue weighted by Crippen LogP contribution is -2.21. The minimum absolute atomic E-state index is 0.0970. The molecule has 0 radical (unpaired) electrons. The first kappa shape index (κ1) is 18.7.